The molecule has 0 atom stereocenters. The number of halogens is 1. The summed E-state index contributed by atoms with van der Waals surface area (Å²) in [6.45, 7) is 4.82. The highest BCUT2D eigenvalue weighted by Gasteiger charge is 2.34. The second kappa shape index (κ2) is 6.30. The predicted octanol–water partition coefficient (Wildman–Crippen LogP) is 4.49. The van der Waals surface area contributed by atoms with Gasteiger partial charge in [0.1, 0.15) is 5.82 Å². The molecule has 0 aliphatic heterocycles. The minimum absolute atomic E-state index is 0.0819. The molecule has 0 radical (unpaired) electrons. The van der Waals surface area contributed by atoms with Crippen molar-refractivity contribution >= 4 is 17.3 Å². The van der Waals surface area contributed by atoms with Crippen LogP contribution in [0.4, 0.5) is 4.39 Å². The highest BCUT2D eigenvalue weighted by atomic mass is 32.1. The molecule has 0 spiro atoms. The van der Waals surface area contributed by atoms with Crippen LogP contribution in [-0.2, 0) is 19.4 Å². The smallest absolute Gasteiger partial charge is 0.337 e. The van der Waals surface area contributed by atoms with E-state index in [9.17, 15) is 14.3 Å². The van der Waals surface area contributed by atoms with Crippen LogP contribution >= 0.6 is 11.3 Å². The van der Waals surface area contributed by atoms with Crippen LogP contribution in [0.3, 0.4) is 0 Å². The lowest BCUT2D eigenvalue weighted by molar-refractivity contribution is 0.0696. The van der Waals surface area contributed by atoms with Gasteiger partial charge in [-0.05, 0) is 48.9 Å². The molecule has 0 fully saturated rings. The van der Waals surface area contributed by atoms with E-state index in [4.69, 9.17) is 0 Å². The predicted molar refractivity (Wildman–Crippen MR) is 95.2 cm³/mol. The van der Waals surface area contributed by atoms with Gasteiger partial charge in [-0.15, -0.1) is 11.3 Å². The molecule has 1 aliphatic rings. The van der Waals surface area contributed by atoms with Gasteiger partial charge in [-0.1, -0.05) is 26.0 Å². The second-order valence-electron chi connectivity index (χ2n) is 7.16. The zero-order valence-corrected chi connectivity index (χ0v) is 15.0. The van der Waals surface area contributed by atoms with Crippen molar-refractivity contribution in [1.82, 2.24) is 5.32 Å². The summed E-state index contributed by atoms with van der Waals surface area (Å²) in [7, 11) is 1.80. The molecule has 2 aromatic rings. The largest absolute Gasteiger partial charge is 0.478 e. The summed E-state index contributed by atoms with van der Waals surface area (Å²) in [6.07, 6.45) is 2.62. The number of carboxylic acids is 1. The molecule has 24 heavy (non-hydrogen) atoms. The lowest BCUT2D eigenvalue weighted by atomic mass is 9.76. The van der Waals surface area contributed by atoms with Crippen molar-refractivity contribution in [1.29, 1.82) is 0 Å². The van der Waals surface area contributed by atoms with Gasteiger partial charge in [0.2, 0.25) is 0 Å². The Bertz CT molecular complexity index is 795. The van der Waals surface area contributed by atoms with Crippen molar-refractivity contribution in [2.45, 2.75) is 39.7 Å². The average molecular weight is 347 g/mol. The van der Waals surface area contributed by atoms with E-state index in [1.54, 1.807) is 13.1 Å². The van der Waals surface area contributed by atoms with Gasteiger partial charge >= 0.3 is 5.97 Å². The first-order valence-corrected chi connectivity index (χ1v) is 8.96. The Kier molecular flexibility index (Phi) is 4.49. The lowest BCUT2D eigenvalue weighted by Crippen LogP contribution is -2.22. The van der Waals surface area contributed by atoms with Gasteiger partial charge in [0, 0.05) is 17.0 Å². The normalized spacial score (nSPS) is 16.0. The van der Waals surface area contributed by atoms with Crippen molar-refractivity contribution in [2.24, 2.45) is 5.41 Å². The maximum absolute atomic E-state index is 14.6. The Morgan fingerprint density at radius 2 is 2.17 bits per heavy atom. The van der Waals surface area contributed by atoms with Crippen LogP contribution in [0.2, 0.25) is 0 Å². The number of rotatable bonds is 4. The van der Waals surface area contributed by atoms with E-state index >= 15 is 0 Å². The van der Waals surface area contributed by atoms with Gasteiger partial charge in [0.15, 0.2) is 0 Å². The van der Waals surface area contributed by atoms with Gasteiger partial charge in [-0.25, -0.2) is 9.18 Å². The molecule has 1 aromatic carbocycles. The van der Waals surface area contributed by atoms with E-state index in [2.05, 4.69) is 19.2 Å². The molecule has 5 heteroatoms. The number of aromatic carboxylic acids is 1. The first-order chi connectivity index (χ1) is 11.3. The van der Waals surface area contributed by atoms with Crippen molar-refractivity contribution in [3.63, 3.8) is 0 Å². The summed E-state index contributed by atoms with van der Waals surface area (Å²) in [5.74, 6) is -1.32. The molecule has 0 saturated carbocycles. The average Bonchev–Trinajstić information content (AvgIpc) is 2.84. The zero-order valence-electron chi connectivity index (χ0n) is 14.2. The van der Waals surface area contributed by atoms with E-state index < -0.39 is 5.97 Å². The molecule has 0 amide bonds. The summed E-state index contributed by atoms with van der Waals surface area (Å²) in [5, 5.41) is 12.9. The van der Waals surface area contributed by atoms with E-state index in [-0.39, 0.29) is 11.2 Å². The number of carboxylic acid groups (broad SMARTS) is 1. The SMILES string of the molecule is CNCc1cccc(F)c1-c1sc2c(c1C(=O)O)CC(C)(C)CC2. The Labute approximate surface area is 145 Å². The maximum atomic E-state index is 14.6. The minimum Gasteiger partial charge on any atom is -0.478 e. The highest BCUT2D eigenvalue weighted by molar-refractivity contribution is 7.16. The fourth-order valence-electron chi connectivity index (χ4n) is 3.48. The van der Waals surface area contributed by atoms with E-state index in [0.717, 1.165) is 35.3 Å². The molecule has 1 aromatic heterocycles. The van der Waals surface area contributed by atoms with Gasteiger partial charge in [-0.3, -0.25) is 0 Å². The van der Waals surface area contributed by atoms with Gasteiger partial charge in [-0.2, -0.15) is 0 Å². The molecular weight excluding hydrogens is 325 g/mol. The Balaban J connectivity index is 2.24. The first kappa shape index (κ1) is 17.1. The Morgan fingerprint density at radius 3 is 2.83 bits per heavy atom. The number of fused-ring (bicyclic) bond motifs is 1. The van der Waals surface area contributed by atoms with Crippen molar-refractivity contribution in [3.8, 4) is 10.4 Å². The van der Waals surface area contributed by atoms with E-state index in [1.165, 1.54) is 17.4 Å². The number of hydrogen-bond acceptors (Lipinski definition) is 3. The molecule has 0 bridgehead atoms. The molecule has 1 heterocycles. The number of aryl methyl sites for hydroxylation is 1. The topological polar surface area (TPSA) is 49.3 Å². The number of carbonyl (C=O) groups is 1. The lowest BCUT2D eigenvalue weighted by Gasteiger charge is -2.29. The monoisotopic (exact) mass is 347 g/mol. The quantitative estimate of drug-likeness (QED) is 0.857. The fraction of sp³-hybridized carbons (Fsp3) is 0.421. The van der Waals surface area contributed by atoms with Crippen LogP contribution in [0.5, 0.6) is 0 Å². The third kappa shape index (κ3) is 2.98. The number of thiophene rings is 1. The second-order valence-corrected chi connectivity index (χ2v) is 8.26. The molecule has 3 rings (SSSR count). The molecule has 128 valence electrons. The van der Waals surface area contributed by atoms with Crippen LogP contribution in [0.1, 0.15) is 46.6 Å². The Morgan fingerprint density at radius 1 is 1.42 bits per heavy atom. The van der Waals surface area contributed by atoms with Gasteiger partial charge in [0.05, 0.1) is 10.4 Å². The van der Waals surface area contributed by atoms with Gasteiger partial charge < -0.3 is 10.4 Å². The molecule has 2 N–H and O–H groups in total. The van der Waals surface area contributed by atoms with Crippen molar-refractivity contribution in [3.05, 3.63) is 45.6 Å². The summed E-state index contributed by atoms with van der Waals surface area (Å²) in [5.41, 5.74) is 2.50. The van der Waals surface area contributed by atoms with Crippen LogP contribution in [0, 0.1) is 11.2 Å². The van der Waals surface area contributed by atoms with Crippen LogP contribution in [0.25, 0.3) is 10.4 Å². The number of nitrogens with one attached hydrogen (secondary N) is 1. The fourth-order valence-corrected chi connectivity index (χ4v) is 4.87. The first-order valence-electron chi connectivity index (χ1n) is 8.14. The van der Waals surface area contributed by atoms with Crippen LogP contribution in [0.15, 0.2) is 18.2 Å². The van der Waals surface area contributed by atoms with E-state index in [0.29, 0.717) is 22.5 Å². The molecule has 0 unspecified atom stereocenters. The molecule has 0 saturated heterocycles. The van der Waals surface area contributed by atoms with Crippen LogP contribution < -0.4 is 5.32 Å². The highest BCUT2D eigenvalue weighted by Crippen LogP contribution is 2.46. The molecule has 3 nitrogen and oxygen atoms in total. The number of benzene rings is 1. The summed E-state index contributed by atoms with van der Waals surface area (Å²) < 4.78 is 14.6. The van der Waals surface area contributed by atoms with Crippen molar-refractivity contribution < 1.29 is 14.3 Å². The van der Waals surface area contributed by atoms with Crippen LogP contribution in [-0.4, -0.2) is 18.1 Å². The van der Waals surface area contributed by atoms with Gasteiger partial charge in [0.25, 0.3) is 0 Å². The van der Waals surface area contributed by atoms with Crippen molar-refractivity contribution in [2.75, 3.05) is 7.05 Å². The van der Waals surface area contributed by atoms with E-state index in [1.807, 2.05) is 6.07 Å². The standard InChI is InChI=1S/C19H22FNO2S/c1-19(2)8-7-14-12(9-19)16(18(22)23)17(24-14)15-11(10-21-3)5-4-6-13(15)20/h4-6,21H,7-10H2,1-3H3,(H,22,23). The summed E-state index contributed by atoms with van der Waals surface area (Å²) in [6, 6.07) is 4.93. The molecular formula is C19H22FNO2S. The Hall–Kier alpha value is -1.72. The zero-order chi connectivity index (χ0) is 17.5. The third-order valence-electron chi connectivity index (χ3n) is 4.68. The molecule has 1 aliphatic carbocycles. The third-order valence-corrected chi connectivity index (χ3v) is 5.99. The number of hydrogen-bond donors (Lipinski definition) is 2. The minimum atomic E-state index is -0.959. The summed E-state index contributed by atoms with van der Waals surface area (Å²) >= 11 is 1.45. The summed E-state index contributed by atoms with van der Waals surface area (Å²) in [4.78, 5) is 13.6. The maximum Gasteiger partial charge on any atom is 0.337 e.